The normalized spacial score (nSPS) is 17.1. The van der Waals surface area contributed by atoms with Gasteiger partial charge in [-0.1, -0.05) is 0 Å². The number of aryl methyl sites for hydroxylation is 1. The van der Waals surface area contributed by atoms with Gasteiger partial charge in [0, 0.05) is 18.2 Å². The summed E-state index contributed by atoms with van der Waals surface area (Å²) < 4.78 is 13.3. The molecule has 19 heavy (non-hydrogen) atoms. The molecule has 0 spiro atoms. The highest BCUT2D eigenvalue weighted by Crippen LogP contribution is 2.34. The Bertz CT molecular complexity index is 580. The first kappa shape index (κ1) is 12.0. The minimum Gasteiger partial charge on any atom is -0.491 e. The Morgan fingerprint density at radius 1 is 1.53 bits per heavy atom. The molecule has 5 heteroatoms. The van der Waals surface area contributed by atoms with E-state index in [0.717, 1.165) is 29.3 Å². The lowest BCUT2D eigenvalue weighted by Crippen LogP contribution is -2.10. The van der Waals surface area contributed by atoms with E-state index in [1.165, 1.54) is 0 Å². The fourth-order valence-corrected chi connectivity index (χ4v) is 2.22. The van der Waals surface area contributed by atoms with Crippen LogP contribution in [-0.4, -0.2) is 16.2 Å². The molecule has 2 N–H and O–H groups in total. The molecule has 1 aromatic heterocycles. The summed E-state index contributed by atoms with van der Waals surface area (Å²) >= 11 is 0. The third-order valence-electron chi connectivity index (χ3n) is 3.33. The largest absolute Gasteiger partial charge is 0.491 e. The van der Waals surface area contributed by atoms with Crippen LogP contribution in [-0.2, 0) is 13.2 Å². The first-order valence-electron chi connectivity index (χ1n) is 6.42. The Hall–Kier alpha value is -2.01. The van der Waals surface area contributed by atoms with Gasteiger partial charge in [-0.25, -0.2) is 4.98 Å². The van der Waals surface area contributed by atoms with Gasteiger partial charge in [-0.15, -0.1) is 0 Å². The minimum absolute atomic E-state index is 0.0226. The Morgan fingerprint density at radius 3 is 3.26 bits per heavy atom. The molecule has 0 bridgehead atoms. The molecule has 1 aliphatic rings. The molecule has 0 saturated carbocycles. The summed E-state index contributed by atoms with van der Waals surface area (Å²) in [6.07, 6.45) is 3.63. The molecular weight excluding hydrogens is 242 g/mol. The number of aromatic nitrogens is 2. The van der Waals surface area contributed by atoms with Crippen molar-refractivity contribution in [1.29, 1.82) is 0 Å². The number of nitrogens with two attached hydrogens (primary N) is 1. The number of hydrogen-bond acceptors (Lipinski definition) is 4. The summed E-state index contributed by atoms with van der Waals surface area (Å²) in [5.41, 5.74) is 8.01. The summed E-state index contributed by atoms with van der Waals surface area (Å²) in [6.45, 7) is 4.01. The maximum absolute atomic E-state index is 5.91. The quantitative estimate of drug-likeness (QED) is 0.910. The van der Waals surface area contributed by atoms with Crippen LogP contribution >= 0.6 is 0 Å². The van der Waals surface area contributed by atoms with Crippen LogP contribution in [0.5, 0.6) is 11.5 Å². The van der Waals surface area contributed by atoms with Gasteiger partial charge < -0.3 is 19.8 Å². The molecule has 2 aromatic rings. The zero-order valence-electron chi connectivity index (χ0n) is 10.9. The highest BCUT2D eigenvalue weighted by molar-refractivity contribution is 5.44. The molecule has 1 aromatic carbocycles. The van der Waals surface area contributed by atoms with E-state index in [0.29, 0.717) is 13.2 Å². The number of ether oxygens (including phenoxy) is 2. The van der Waals surface area contributed by atoms with Crippen molar-refractivity contribution in [2.75, 3.05) is 6.61 Å². The van der Waals surface area contributed by atoms with Crippen LogP contribution in [0.1, 0.15) is 24.2 Å². The summed E-state index contributed by atoms with van der Waals surface area (Å²) in [4.78, 5) is 4.11. The van der Waals surface area contributed by atoms with Crippen LogP contribution in [0.25, 0.3) is 0 Å². The molecular formula is C14H17N3O2. The van der Waals surface area contributed by atoms with Crippen molar-refractivity contribution in [1.82, 2.24) is 9.55 Å². The van der Waals surface area contributed by atoms with Gasteiger partial charge in [0.2, 0.25) is 0 Å². The molecule has 0 aliphatic carbocycles. The number of fused-ring (bicyclic) bond motifs is 1. The van der Waals surface area contributed by atoms with Gasteiger partial charge in [0.05, 0.1) is 24.3 Å². The molecule has 2 heterocycles. The lowest BCUT2D eigenvalue weighted by atomic mass is 10.1. The number of nitrogens with zero attached hydrogens (tertiary/aromatic N) is 2. The summed E-state index contributed by atoms with van der Waals surface area (Å²) in [7, 11) is 0. The van der Waals surface area contributed by atoms with E-state index in [1.807, 2.05) is 30.7 Å². The van der Waals surface area contributed by atoms with Crippen molar-refractivity contribution in [3.8, 4) is 11.5 Å². The minimum atomic E-state index is -0.0226. The highest BCUT2D eigenvalue weighted by atomic mass is 16.5. The number of rotatable bonds is 4. The first-order chi connectivity index (χ1) is 9.28. The van der Waals surface area contributed by atoms with Gasteiger partial charge in [0.1, 0.15) is 24.7 Å². The van der Waals surface area contributed by atoms with Crippen LogP contribution in [0.3, 0.4) is 0 Å². The molecule has 1 aliphatic heterocycles. The second-order valence-electron chi connectivity index (χ2n) is 4.58. The third-order valence-corrected chi connectivity index (χ3v) is 3.33. The van der Waals surface area contributed by atoms with E-state index >= 15 is 0 Å². The molecule has 1 atom stereocenters. The zero-order valence-corrected chi connectivity index (χ0v) is 10.9. The predicted octanol–water partition coefficient (Wildman–Crippen LogP) is 1.87. The van der Waals surface area contributed by atoms with E-state index < -0.39 is 0 Å². The fraction of sp³-hybridized carbons (Fsp3) is 0.357. The fourth-order valence-electron chi connectivity index (χ4n) is 2.22. The van der Waals surface area contributed by atoms with Gasteiger partial charge in [-0.05, 0) is 19.1 Å². The number of benzene rings is 1. The molecule has 100 valence electrons. The van der Waals surface area contributed by atoms with Crippen LogP contribution in [0, 0.1) is 0 Å². The summed E-state index contributed by atoms with van der Waals surface area (Å²) in [5.74, 6) is 1.62. The Kier molecular flexibility index (Phi) is 3.13. The van der Waals surface area contributed by atoms with Gasteiger partial charge in [0.25, 0.3) is 0 Å². The van der Waals surface area contributed by atoms with Crippen molar-refractivity contribution >= 4 is 0 Å². The molecule has 1 unspecified atom stereocenters. The van der Waals surface area contributed by atoms with Crippen molar-refractivity contribution in [2.24, 2.45) is 5.73 Å². The van der Waals surface area contributed by atoms with Gasteiger partial charge >= 0.3 is 0 Å². The van der Waals surface area contributed by atoms with Gasteiger partial charge in [-0.3, -0.25) is 0 Å². The average molecular weight is 259 g/mol. The standard InChI is InChI=1S/C14H17N3O2/c1-2-17-9-16-6-10(17)7-18-11-3-4-12-13(15)8-19-14(12)5-11/h3-6,9,13H,2,7-8,15H2,1H3. The van der Waals surface area contributed by atoms with Crippen molar-refractivity contribution in [2.45, 2.75) is 26.1 Å². The van der Waals surface area contributed by atoms with Crippen LogP contribution in [0.15, 0.2) is 30.7 Å². The van der Waals surface area contributed by atoms with Gasteiger partial charge in [0.15, 0.2) is 0 Å². The van der Waals surface area contributed by atoms with Crippen LogP contribution < -0.4 is 15.2 Å². The highest BCUT2D eigenvalue weighted by Gasteiger charge is 2.20. The maximum Gasteiger partial charge on any atom is 0.130 e. The maximum atomic E-state index is 5.91. The molecule has 0 saturated heterocycles. The lowest BCUT2D eigenvalue weighted by molar-refractivity contribution is 0.291. The predicted molar refractivity (Wildman–Crippen MR) is 71.1 cm³/mol. The lowest BCUT2D eigenvalue weighted by Gasteiger charge is -2.09. The second-order valence-corrected chi connectivity index (χ2v) is 4.58. The average Bonchev–Trinajstić information content (AvgIpc) is 3.03. The molecule has 0 fully saturated rings. The van der Waals surface area contributed by atoms with Crippen LogP contribution in [0.2, 0.25) is 0 Å². The Labute approximate surface area is 112 Å². The van der Waals surface area contributed by atoms with E-state index in [2.05, 4.69) is 16.5 Å². The van der Waals surface area contributed by atoms with E-state index in [-0.39, 0.29) is 6.04 Å². The van der Waals surface area contributed by atoms with E-state index in [9.17, 15) is 0 Å². The number of hydrogen-bond donors (Lipinski definition) is 1. The zero-order chi connectivity index (χ0) is 13.2. The van der Waals surface area contributed by atoms with E-state index in [4.69, 9.17) is 15.2 Å². The summed E-state index contributed by atoms with van der Waals surface area (Å²) in [6, 6.07) is 5.78. The smallest absolute Gasteiger partial charge is 0.130 e. The van der Waals surface area contributed by atoms with Crippen molar-refractivity contribution < 1.29 is 9.47 Å². The number of imidazole rings is 1. The second kappa shape index (κ2) is 4.93. The monoisotopic (exact) mass is 259 g/mol. The third kappa shape index (κ3) is 2.29. The molecule has 0 amide bonds. The Balaban J connectivity index is 1.71. The van der Waals surface area contributed by atoms with Crippen molar-refractivity contribution in [3.63, 3.8) is 0 Å². The summed E-state index contributed by atoms with van der Waals surface area (Å²) in [5, 5.41) is 0. The Morgan fingerprint density at radius 2 is 2.42 bits per heavy atom. The van der Waals surface area contributed by atoms with E-state index in [1.54, 1.807) is 0 Å². The molecule has 3 rings (SSSR count). The first-order valence-corrected chi connectivity index (χ1v) is 6.42. The SMILES string of the molecule is CCn1cncc1COc1ccc2c(c1)OCC2N. The van der Waals surface area contributed by atoms with Crippen LogP contribution in [0.4, 0.5) is 0 Å². The topological polar surface area (TPSA) is 62.3 Å². The van der Waals surface area contributed by atoms with Gasteiger partial charge in [-0.2, -0.15) is 0 Å². The van der Waals surface area contributed by atoms with Crippen molar-refractivity contribution in [3.05, 3.63) is 42.0 Å². The molecule has 0 radical (unpaired) electrons. The molecule has 5 nitrogen and oxygen atoms in total.